The molecule has 7 nitrogen and oxygen atoms in total. The number of carbonyl (C=O) groups is 1. The summed E-state index contributed by atoms with van der Waals surface area (Å²) in [7, 11) is 3.39. The number of benzene rings is 2. The third-order valence-electron chi connectivity index (χ3n) is 4.49. The van der Waals surface area contributed by atoms with Gasteiger partial charge in [0.2, 0.25) is 6.79 Å². The van der Waals surface area contributed by atoms with Crippen LogP contribution in [-0.2, 0) is 12.8 Å². The lowest BCUT2D eigenvalue weighted by Gasteiger charge is -2.12. The molecule has 0 fully saturated rings. The van der Waals surface area contributed by atoms with Crippen LogP contribution < -0.4 is 25.4 Å². The number of hydrogen-bond donors (Lipinski definition) is 3. The van der Waals surface area contributed by atoms with Crippen LogP contribution in [0.25, 0.3) is 0 Å². The minimum Gasteiger partial charge on any atom is -0.454 e. The highest BCUT2D eigenvalue weighted by Crippen LogP contribution is 2.32. The van der Waals surface area contributed by atoms with Gasteiger partial charge in [-0.1, -0.05) is 18.2 Å². The van der Waals surface area contributed by atoms with E-state index in [1.807, 2.05) is 42.5 Å². The predicted molar refractivity (Wildman–Crippen MR) is 109 cm³/mol. The van der Waals surface area contributed by atoms with Crippen LogP contribution in [0.2, 0.25) is 0 Å². The highest BCUT2D eigenvalue weighted by atomic mass is 16.7. The Kier molecular flexibility index (Phi) is 6.73. The molecule has 2 aromatic carbocycles. The van der Waals surface area contributed by atoms with Crippen LogP contribution in [0.15, 0.2) is 47.5 Å². The van der Waals surface area contributed by atoms with E-state index in [4.69, 9.17) is 9.47 Å². The first-order valence-electron chi connectivity index (χ1n) is 9.33. The number of hydrogen-bond acceptors (Lipinski definition) is 4. The molecule has 3 N–H and O–H groups in total. The molecule has 2 aromatic rings. The van der Waals surface area contributed by atoms with Crippen LogP contribution in [0.3, 0.4) is 0 Å². The van der Waals surface area contributed by atoms with Crippen molar-refractivity contribution in [3.05, 3.63) is 59.2 Å². The van der Waals surface area contributed by atoms with Gasteiger partial charge in [-0.05, 0) is 48.2 Å². The summed E-state index contributed by atoms with van der Waals surface area (Å²) >= 11 is 0. The zero-order valence-electron chi connectivity index (χ0n) is 16.2. The van der Waals surface area contributed by atoms with Crippen LogP contribution in [0, 0.1) is 0 Å². The van der Waals surface area contributed by atoms with Gasteiger partial charge in [0.1, 0.15) is 0 Å². The van der Waals surface area contributed by atoms with E-state index in [-0.39, 0.29) is 5.91 Å². The molecule has 0 atom stereocenters. The Morgan fingerprint density at radius 3 is 2.43 bits per heavy atom. The maximum absolute atomic E-state index is 11.7. The fraction of sp³-hybridized carbons (Fsp3) is 0.333. The van der Waals surface area contributed by atoms with Gasteiger partial charge in [0.05, 0.1) is 0 Å². The first-order valence-corrected chi connectivity index (χ1v) is 9.33. The summed E-state index contributed by atoms with van der Waals surface area (Å²) in [6, 6.07) is 13.6. The second-order valence-corrected chi connectivity index (χ2v) is 6.39. The Morgan fingerprint density at radius 1 is 1.00 bits per heavy atom. The molecule has 3 rings (SSSR count). The van der Waals surface area contributed by atoms with Gasteiger partial charge in [0.15, 0.2) is 17.5 Å². The van der Waals surface area contributed by atoms with Crippen molar-refractivity contribution in [2.75, 3.05) is 34.0 Å². The molecule has 28 heavy (non-hydrogen) atoms. The Morgan fingerprint density at radius 2 is 1.71 bits per heavy atom. The standard InChI is InChI=1S/C21H26N4O3/c1-22-20(26)17-5-3-4-15(12-17)8-10-24-21(23-2)25-11-9-16-6-7-18-19(13-16)28-14-27-18/h3-7,12-13H,8-11,14H2,1-2H3,(H,22,26)(H2,23,24,25). The van der Waals surface area contributed by atoms with E-state index in [1.165, 1.54) is 5.56 Å². The topological polar surface area (TPSA) is 84.0 Å². The lowest BCUT2D eigenvalue weighted by atomic mass is 10.1. The maximum atomic E-state index is 11.7. The van der Waals surface area contributed by atoms with Gasteiger partial charge in [-0.15, -0.1) is 0 Å². The Balaban J connectivity index is 1.42. The smallest absolute Gasteiger partial charge is 0.251 e. The number of fused-ring (bicyclic) bond motifs is 1. The quantitative estimate of drug-likeness (QED) is 0.502. The molecular formula is C21H26N4O3. The van der Waals surface area contributed by atoms with Gasteiger partial charge in [0.25, 0.3) is 5.91 Å². The van der Waals surface area contributed by atoms with E-state index in [0.29, 0.717) is 12.4 Å². The molecule has 148 valence electrons. The Hall–Kier alpha value is -3.22. The molecule has 0 saturated heterocycles. The van der Waals surface area contributed by atoms with Gasteiger partial charge in [-0.2, -0.15) is 0 Å². The number of nitrogens with zero attached hydrogens (tertiary/aromatic N) is 1. The highest BCUT2D eigenvalue weighted by Gasteiger charge is 2.13. The van der Waals surface area contributed by atoms with Gasteiger partial charge >= 0.3 is 0 Å². The number of rotatable bonds is 7. The highest BCUT2D eigenvalue weighted by molar-refractivity contribution is 5.94. The molecule has 0 spiro atoms. The summed E-state index contributed by atoms with van der Waals surface area (Å²) in [5, 5.41) is 9.26. The summed E-state index contributed by atoms with van der Waals surface area (Å²) < 4.78 is 10.7. The monoisotopic (exact) mass is 382 g/mol. The molecular weight excluding hydrogens is 356 g/mol. The minimum absolute atomic E-state index is 0.0733. The van der Waals surface area contributed by atoms with Gasteiger partial charge < -0.3 is 25.4 Å². The van der Waals surface area contributed by atoms with Crippen LogP contribution in [0.1, 0.15) is 21.5 Å². The second-order valence-electron chi connectivity index (χ2n) is 6.39. The average Bonchev–Trinajstić information content (AvgIpc) is 3.20. The van der Waals surface area contributed by atoms with E-state index in [9.17, 15) is 4.79 Å². The van der Waals surface area contributed by atoms with Crippen molar-refractivity contribution >= 4 is 11.9 Å². The van der Waals surface area contributed by atoms with Crippen molar-refractivity contribution in [1.82, 2.24) is 16.0 Å². The molecule has 1 amide bonds. The van der Waals surface area contributed by atoms with Crippen molar-refractivity contribution in [2.45, 2.75) is 12.8 Å². The molecule has 0 bridgehead atoms. The zero-order valence-corrected chi connectivity index (χ0v) is 16.2. The number of carbonyl (C=O) groups excluding carboxylic acids is 1. The summed E-state index contributed by atoms with van der Waals surface area (Å²) in [6.07, 6.45) is 1.65. The molecule has 7 heteroatoms. The summed E-state index contributed by atoms with van der Waals surface area (Å²) in [4.78, 5) is 16.0. The molecule has 1 aliphatic heterocycles. The fourth-order valence-corrected chi connectivity index (χ4v) is 2.98. The minimum atomic E-state index is -0.0733. The van der Waals surface area contributed by atoms with Crippen molar-refractivity contribution in [3.63, 3.8) is 0 Å². The van der Waals surface area contributed by atoms with Crippen molar-refractivity contribution in [3.8, 4) is 11.5 Å². The number of nitrogens with one attached hydrogen (secondary N) is 3. The molecule has 0 aliphatic carbocycles. The van der Waals surface area contributed by atoms with Gasteiger partial charge in [-0.25, -0.2) is 0 Å². The first-order chi connectivity index (χ1) is 13.7. The molecule has 0 saturated carbocycles. The predicted octanol–water partition coefficient (Wildman–Crippen LogP) is 1.73. The van der Waals surface area contributed by atoms with E-state index in [0.717, 1.165) is 49.0 Å². The van der Waals surface area contributed by atoms with Crippen molar-refractivity contribution in [1.29, 1.82) is 0 Å². The molecule has 1 heterocycles. The van der Waals surface area contributed by atoms with Crippen LogP contribution in [-0.4, -0.2) is 45.8 Å². The van der Waals surface area contributed by atoms with E-state index >= 15 is 0 Å². The largest absolute Gasteiger partial charge is 0.454 e. The molecule has 0 radical (unpaired) electrons. The van der Waals surface area contributed by atoms with Gasteiger partial charge in [-0.3, -0.25) is 9.79 Å². The lowest BCUT2D eigenvalue weighted by Crippen LogP contribution is -2.39. The third kappa shape index (κ3) is 5.16. The average molecular weight is 382 g/mol. The normalized spacial score (nSPS) is 12.6. The second kappa shape index (κ2) is 9.64. The number of aliphatic imine (C=N–C) groups is 1. The summed E-state index contributed by atoms with van der Waals surface area (Å²) in [5.41, 5.74) is 2.95. The van der Waals surface area contributed by atoms with Crippen molar-refractivity contribution in [2.24, 2.45) is 4.99 Å². The fourth-order valence-electron chi connectivity index (χ4n) is 2.98. The van der Waals surface area contributed by atoms with E-state index in [1.54, 1.807) is 14.1 Å². The number of guanidine groups is 1. The van der Waals surface area contributed by atoms with E-state index < -0.39 is 0 Å². The zero-order chi connectivity index (χ0) is 19.8. The van der Waals surface area contributed by atoms with E-state index in [2.05, 4.69) is 20.9 Å². The lowest BCUT2D eigenvalue weighted by molar-refractivity contribution is 0.0963. The van der Waals surface area contributed by atoms with Crippen LogP contribution in [0.4, 0.5) is 0 Å². The van der Waals surface area contributed by atoms with Crippen LogP contribution in [0.5, 0.6) is 11.5 Å². The Labute approximate surface area is 165 Å². The summed E-state index contributed by atoms with van der Waals surface area (Å²) in [6.45, 7) is 1.77. The SMILES string of the molecule is CN=C(NCCc1cccc(C(=O)NC)c1)NCCc1ccc2c(c1)OCO2. The Bertz CT molecular complexity index is 851. The van der Waals surface area contributed by atoms with Gasteiger partial charge in [0, 0.05) is 32.7 Å². The third-order valence-corrected chi connectivity index (χ3v) is 4.49. The molecule has 0 unspecified atom stereocenters. The summed E-state index contributed by atoms with van der Waals surface area (Å²) in [5.74, 6) is 2.28. The number of amides is 1. The number of ether oxygens (including phenoxy) is 2. The first kappa shape index (κ1) is 19.5. The van der Waals surface area contributed by atoms with Crippen LogP contribution >= 0.6 is 0 Å². The molecule has 0 aromatic heterocycles. The molecule has 1 aliphatic rings. The maximum Gasteiger partial charge on any atom is 0.251 e. The van der Waals surface area contributed by atoms with Crippen molar-refractivity contribution < 1.29 is 14.3 Å².